The molecule has 3 N–H and O–H groups in total. The zero-order valence-electron chi connectivity index (χ0n) is 16.5. The maximum atomic E-state index is 12.7. The first-order valence-corrected chi connectivity index (χ1v) is 9.75. The van der Waals surface area contributed by atoms with Gasteiger partial charge in [-0.3, -0.25) is 14.7 Å². The molecule has 0 saturated carbocycles. The lowest BCUT2D eigenvalue weighted by molar-refractivity contribution is -0.123. The van der Waals surface area contributed by atoms with E-state index in [1.165, 1.54) is 0 Å². The van der Waals surface area contributed by atoms with E-state index in [0.717, 1.165) is 22.2 Å². The van der Waals surface area contributed by atoms with E-state index in [0.29, 0.717) is 18.5 Å². The summed E-state index contributed by atoms with van der Waals surface area (Å²) >= 11 is 0. The maximum absolute atomic E-state index is 12.7. The summed E-state index contributed by atoms with van der Waals surface area (Å²) in [4.78, 5) is 25.4. The highest BCUT2D eigenvalue weighted by molar-refractivity contribution is 6.00. The standard InChI is InChI=1S/C22H22N6O2/c1-2-18(26-21(29)15-8-9-19-17(12-15)14-24-27-19)22(30)23-13-16-6-3-4-7-20(16)28-11-5-10-25-28/h3-12,14,18H,2,13H2,1H3,(H,23,30)(H,24,27)(H,26,29). The number of fused-ring (bicyclic) bond motifs is 1. The Morgan fingerprint density at radius 2 is 2.03 bits per heavy atom. The van der Waals surface area contributed by atoms with Crippen LogP contribution < -0.4 is 10.6 Å². The van der Waals surface area contributed by atoms with Crippen LogP contribution in [-0.2, 0) is 11.3 Å². The Bertz CT molecular complexity index is 1170. The van der Waals surface area contributed by atoms with Crippen molar-refractivity contribution in [2.45, 2.75) is 25.9 Å². The molecule has 1 atom stereocenters. The number of aromatic nitrogens is 4. The summed E-state index contributed by atoms with van der Waals surface area (Å²) in [5.41, 5.74) is 3.17. The lowest BCUT2D eigenvalue weighted by atomic mass is 10.1. The van der Waals surface area contributed by atoms with Gasteiger partial charge in [0.15, 0.2) is 0 Å². The van der Waals surface area contributed by atoms with Gasteiger partial charge in [0, 0.05) is 29.9 Å². The third kappa shape index (κ3) is 4.07. The molecule has 2 heterocycles. The molecule has 0 aliphatic rings. The minimum Gasteiger partial charge on any atom is -0.350 e. The van der Waals surface area contributed by atoms with Gasteiger partial charge in [-0.25, -0.2) is 4.68 Å². The summed E-state index contributed by atoms with van der Waals surface area (Å²) < 4.78 is 1.76. The summed E-state index contributed by atoms with van der Waals surface area (Å²) in [5.74, 6) is -0.525. The van der Waals surface area contributed by atoms with Crippen molar-refractivity contribution in [2.24, 2.45) is 0 Å². The second-order valence-electron chi connectivity index (χ2n) is 6.90. The van der Waals surface area contributed by atoms with Crippen LogP contribution in [0.25, 0.3) is 16.6 Å². The topological polar surface area (TPSA) is 105 Å². The molecule has 0 radical (unpaired) electrons. The third-order valence-corrected chi connectivity index (χ3v) is 4.93. The molecule has 8 nitrogen and oxygen atoms in total. The summed E-state index contributed by atoms with van der Waals surface area (Å²) in [6.07, 6.45) is 5.70. The van der Waals surface area contributed by atoms with Gasteiger partial charge in [-0.1, -0.05) is 25.1 Å². The highest BCUT2D eigenvalue weighted by Crippen LogP contribution is 2.14. The van der Waals surface area contributed by atoms with Gasteiger partial charge in [-0.2, -0.15) is 10.2 Å². The third-order valence-electron chi connectivity index (χ3n) is 4.93. The number of carbonyl (C=O) groups excluding carboxylic acids is 2. The molecule has 0 aliphatic heterocycles. The number of carbonyl (C=O) groups is 2. The monoisotopic (exact) mass is 402 g/mol. The van der Waals surface area contributed by atoms with E-state index >= 15 is 0 Å². The van der Waals surface area contributed by atoms with Crippen LogP contribution in [-0.4, -0.2) is 37.8 Å². The molecular weight excluding hydrogens is 380 g/mol. The zero-order chi connectivity index (χ0) is 20.9. The summed E-state index contributed by atoms with van der Waals surface area (Å²) in [7, 11) is 0. The van der Waals surface area contributed by atoms with E-state index in [1.54, 1.807) is 35.3 Å². The first-order chi connectivity index (χ1) is 14.7. The number of para-hydroxylation sites is 1. The van der Waals surface area contributed by atoms with E-state index in [9.17, 15) is 9.59 Å². The average Bonchev–Trinajstić information content (AvgIpc) is 3.47. The van der Waals surface area contributed by atoms with Gasteiger partial charge in [0.25, 0.3) is 5.91 Å². The zero-order valence-corrected chi connectivity index (χ0v) is 16.5. The molecule has 0 bridgehead atoms. The number of rotatable bonds is 7. The Balaban J connectivity index is 1.41. The van der Waals surface area contributed by atoms with Crippen LogP contribution in [0, 0.1) is 0 Å². The molecule has 0 saturated heterocycles. The van der Waals surface area contributed by atoms with Gasteiger partial charge in [-0.05, 0) is 42.3 Å². The normalized spacial score (nSPS) is 11.9. The number of nitrogens with zero attached hydrogens (tertiary/aromatic N) is 3. The molecule has 0 spiro atoms. The molecule has 4 aromatic rings. The van der Waals surface area contributed by atoms with E-state index < -0.39 is 6.04 Å². The first-order valence-electron chi connectivity index (χ1n) is 9.75. The van der Waals surface area contributed by atoms with Gasteiger partial charge in [0.1, 0.15) is 6.04 Å². The fourth-order valence-electron chi connectivity index (χ4n) is 3.28. The van der Waals surface area contributed by atoms with Gasteiger partial charge in [0.2, 0.25) is 5.91 Å². The maximum Gasteiger partial charge on any atom is 0.251 e. The van der Waals surface area contributed by atoms with Crippen molar-refractivity contribution in [1.82, 2.24) is 30.6 Å². The van der Waals surface area contributed by atoms with Crippen LogP contribution in [0.3, 0.4) is 0 Å². The highest BCUT2D eigenvalue weighted by Gasteiger charge is 2.20. The van der Waals surface area contributed by atoms with Crippen molar-refractivity contribution in [3.05, 3.63) is 78.2 Å². The second-order valence-corrected chi connectivity index (χ2v) is 6.90. The highest BCUT2D eigenvalue weighted by atomic mass is 16.2. The Morgan fingerprint density at radius 1 is 1.17 bits per heavy atom. The van der Waals surface area contributed by atoms with E-state index in [-0.39, 0.29) is 11.8 Å². The van der Waals surface area contributed by atoms with Gasteiger partial charge < -0.3 is 10.6 Å². The fraction of sp³-hybridized carbons (Fsp3) is 0.182. The van der Waals surface area contributed by atoms with Gasteiger partial charge in [0.05, 0.1) is 17.4 Å². The van der Waals surface area contributed by atoms with Crippen LogP contribution in [0.4, 0.5) is 0 Å². The Labute approximate surface area is 173 Å². The number of nitrogens with one attached hydrogen (secondary N) is 3. The minimum absolute atomic E-state index is 0.231. The molecule has 2 amide bonds. The van der Waals surface area contributed by atoms with Gasteiger partial charge >= 0.3 is 0 Å². The second kappa shape index (κ2) is 8.60. The Morgan fingerprint density at radius 3 is 2.83 bits per heavy atom. The number of H-pyrrole nitrogens is 1. The van der Waals surface area contributed by atoms with Crippen LogP contribution in [0.5, 0.6) is 0 Å². The molecule has 4 rings (SSSR count). The van der Waals surface area contributed by atoms with Gasteiger partial charge in [-0.15, -0.1) is 0 Å². The number of aromatic amines is 1. The summed E-state index contributed by atoms with van der Waals surface area (Å²) in [5, 5.41) is 17.7. The molecule has 2 aromatic carbocycles. The first kappa shape index (κ1) is 19.4. The molecule has 8 heteroatoms. The Kier molecular flexibility index (Phi) is 5.56. The SMILES string of the molecule is CCC(NC(=O)c1ccc2[nH]ncc2c1)C(=O)NCc1ccccc1-n1cccn1. The van der Waals surface area contributed by atoms with Crippen molar-refractivity contribution in [3.63, 3.8) is 0 Å². The summed E-state index contributed by atoms with van der Waals surface area (Å²) in [6.45, 7) is 2.20. The number of benzene rings is 2. The van der Waals surface area contributed by atoms with Crippen LogP contribution in [0.1, 0.15) is 29.3 Å². The van der Waals surface area contributed by atoms with E-state index in [1.807, 2.05) is 43.5 Å². The van der Waals surface area contributed by atoms with Crippen LogP contribution >= 0.6 is 0 Å². The van der Waals surface area contributed by atoms with Crippen molar-refractivity contribution in [1.29, 1.82) is 0 Å². The van der Waals surface area contributed by atoms with Crippen molar-refractivity contribution >= 4 is 22.7 Å². The number of amides is 2. The number of hydrogen-bond acceptors (Lipinski definition) is 4. The summed E-state index contributed by atoms with van der Waals surface area (Å²) in [6, 6.07) is 14.2. The van der Waals surface area contributed by atoms with E-state index in [4.69, 9.17) is 0 Å². The molecule has 0 fully saturated rings. The quantitative estimate of drug-likeness (QED) is 0.442. The largest absolute Gasteiger partial charge is 0.350 e. The molecular formula is C22H22N6O2. The van der Waals surface area contributed by atoms with Crippen LogP contribution in [0.2, 0.25) is 0 Å². The predicted octanol–water partition coefficient (Wildman–Crippen LogP) is 2.57. The molecule has 30 heavy (non-hydrogen) atoms. The average molecular weight is 402 g/mol. The minimum atomic E-state index is -0.630. The fourth-order valence-corrected chi connectivity index (χ4v) is 3.28. The molecule has 0 aliphatic carbocycles. The van der Waals surface area contributed by atoms with Crippen molar-refractivity contribution in [3.8, 4) is 5.69 Å². The number of hydrogen-bond donors (Lipinski definition) is 3. The Hall–Kier alpha value is -3.94. The molecule has 152 valence electrons. The van der Waals surface area contributed by atoms with Crippen molar-refractivity contribution < 1.29 is 9.59 Å². The smallest absolute Gasteiger partial charge is 0.251 e. The molecule has 2 aromatic heterocycles. The van der Waals surface area contributed by atoms with E-state index in [2.05, 4.69) is 25.9 Å². The molecule has 1 unspecified atom stereocenters. The lowest BCUT2D eigenvalue weighted by Gasteiger charge is -2.18. The van der Waals surface area contributed by atoms with Crippen molar-refractivity contribution in [2.75, 3.05) is 0 Å². The lowest BCUT2D eigenvalue weighted by Crippen LogP contribution is -2.46. The predicted molar refractivity (Wildman–Crippen MR) is 113 cm³/mol. The van der Waals surface area contributed by atoms with Crippen LogP contribution in [0.15, 0.2) is 67.1 Å².